The molecule has 1 N–H and O–H groups in total. The van der Waals surface area contributed by atoms with Crippen LogP contribution in [-0.4, -0.2) is 24.0 Å². The van der Waals surface area contributed by atoms with Gasteiger partial charge >= 0.3 is 0 Å². The van der Waals surface area contributed by atoms with Crippen LogP contribution in [0.1, 0.15) is 20.3 Å². The lowest BCUT2D eigenvalue weighted by molar-refractivity contribution is -0.123. The largest absolute Gasteiger partial charge is 0.482 e. The standard InChI is InChI=1S/C12H17FN2O2/c1-9(2)5-6-14-12(16)8-17-10-3-4-11(13)15-7-10/h3-4,7,9H,5-6,8H2,1-2H3,(H,14,16). The number of hydrogen-bond donors (Lipinski definition) is 1. The maximum atomic E-state index is 12.5. The molecule has 1 rings (SSSR count). The van der Waals surface area contributed by atoms with E-state index in [1.165, 1.54) is 18.3 Å². The molecule has 1 aromatic heterocycles. The van der Waals surface area contributed by atoms with Gasteiger partial charge in [-0.05, 0) is 24.5 Å². The maximum absolute atomic E-state index is 12.5. The summed E-state index contributed by atoms with van der Waals surface area (Å²) in [5.74, 6) is 0.177. The highest BCUT2D eigenvalue weighted by atomic mass is 19.1. The normalized spacial score (nSPS) is 10.4. The Morgan fingerprint density at radius 1 is 1.53 bits per heavy atom. The minimum atomic E-state index is -0.571. The molecule has 0 saturated heterocycles. The van der Waals surface area contributed by atoms with E-state index in [1.807, 2.05) is 0 Å². The molecule has 0 fully saturated rings. The van der Waals surface area contributed by atoms with Crippen LogP contribution in [0.15, 0.2) is 18.3 Å². The molecule has 0 aliphatic heterocycles. The van der Waals surface area contributed by atoms with E-state index in [1.54, 1.807) is 0 Å². The summed E-state index contributed by atoms with van der Waals surface area (Å²) in [7, 11) is 0. The van der Waals surface area contributed by atoms with Crippen LogP contribution in [0.2, 0.25) is 0 Å². The number of nitrogens with one attached hydrogen (secondary N) is 1. The van der Waals surface area contributed by atoms with Crippen LogP contribution in [-0.2, 0) is 4.79 Å². The molecule has 5 heteroatoms. The highest BCUT2D eigenvalue weighted by molar-refractivity contribution is 5.77. The van der Waals surface area contributed by atoms with Crippen LogP contribution in [0, 0.1) is 11.9 Å². The summed E-state index contributed by atoms with van der Waals surface area (Å²) in [6.45, 7) is 4.74. The summed E-state index contributed by atoms with van der Waals surface area (Å²) in [6, 6.07) is 2.62. The van der Waals surface area contributed by atoms with Crippen molar-refractivity contribution in [1.29, 1.82) is 0 Å². The first-order valence-electron chi connectivity index (χ1n) is 5.59. The third-order valence-corrected chi connectivity index (χ3v) is 2.11. The molecule has 94 valence electrons. The number of nitrogens with zero attached hydrogens (tertiary/aromatic N) is 1. The Kier molecular flexibility index (Phi) is 5.39. The monoisotopic (exact) mass is 240 g/mol. The van der Waals surface area contributed by atoms with Crippen molar-refractivity contribution in [1.82, 2.24) is 10.3 Å². The summed E-state index contributed by atoms with van der Waals surface area (Å²) in [6.07, 6.45) is 2.18. The van der Waals surface area contributed by atoms with Gasteiger partial charge in [-0.1, -0.05) is 13.8 Å². The number of carbonyl (C=O) groups is 1. The first kappa shape index (κ1) is 13.4. The summed E-state index contributed by atoms with van der Waals surface area (Å²) in [4.78, 5) is 14.8. The highest BCUT2D eigenvalue weighted by Crippen LogP contribution is 2.07. The highest BCUT2D eigenvalue weighted by Gasteiger charge is 2.03. The van der Waals surface area contributed by atoms with Crippen molar-refractivity contribution in [3.05, 3.63) is 24.3 Å². The van der Waals surface area contributed by atoms with Crippen LogP contribution < -0.4 is 10.1 Å². The van der Waals surface area contributed by atoms with Crippen molar-refractivity contribution in [2.45, 2.75) is 20.3 Å². The molecule has 1 amide bonds. The summed E-state index contributed by atoms with van der Waals surface area (Å²) >= 11 is 0. The minimum absolute atomic E-state index is 0.0780. The lowest BCUT2D eigenvalue weighted by Crippen LogP contribution is -2.30. The second-order valence-electron chi connectivity index (χ2n) is 4.14. The molecule has 0 saturated carbocycles. The Labute approximate surface area is 100 Å². The van der Waals surface area contributed by atoms with Crippen molar-refractivity contribution in [3.63, 3.8) is 0 Å². The van der Waals surface area contributed by atoms with Gasteiger partial charge in [-0.25, -0.2) is 4.98 Å². The molecule has 0 atom stereocenters. The van der Waals surface area contributed by atoms with Gasteiger partial charge in [-0.15, -0.1) is 0 Å². The van der Waals surface area contributed by atoms with Crippen molar-refractivity contribution in [3.8, 4) is 5.75 Å². The average Bonchev–Trinajstić information content (AvgIpc) is 2.28. The lowest BCUT2D eigenvalue weighted by Gasteiger charge is -2.08. The van der Waals surface area contributed by atoms with Crippen molar-refractivity contribution >= 4 is 5.91 Å². The van der Waals surface area contributed by atoms with Crippen molar-refractivity contribution < 1.29 is 13.9 Å². The number of halogens is 1. The zero-order valence-electron chi connectivity index (χ0n) is 10.1. The molecule has 17 heavy (non-hydrogen) atoms. The van der Waals surface area contributed by atoms with E-state index in [0.29, 0.717) is 18.2 Å². The molecule has 1 aromatic rings. The van der Waals surface area contributed by atoms with Gasteiger partial charge in [0, 0.05) is 6.54 Å². The maximum Gasteiger partial charge on any atom is 0.257 e. The number of carbonyl (C=O) groups excluding carboxylic acids is 1. The molecular weight excluding hydrogens is 223 g/mol. The Hall–Kier alpha value is -1.65. The Bertz CT molecular complexity index is 352. The number of aromatic nitrogens is 1. The molecule has 0 radical (unpaired) electrons. The fraction of sp³-hybridized carbons (Fsp3) is 0.500. The predicted octanol–water partition coefficient (Wildman–Crippen LogP) is 1.76. The van der Waals surface area contributed by atoms with E-state index in [-0.39, 0.29) is 12.5 Å². The smallest absolute Gasteiger partial charge is 0.257 e. The Morgan fingerprint density at radius 3 is 2.88 bits per heavy atom. The molecule has 4 nitrogen and oxygen atoms in total. The summed E-state index contributed by atoms with van der Waals surface area (Å²) in [5, 5.41) is 2.74. The molecular formula is C12H17FN2O2. The number of hydrogen-bond acceptors (Lipinski definition) is 3. The van der Waals surface area contributed by atoms with Crippen molar-refractivity contribution in [2.24, 2.45) is 5.92 Å². The minimum Gasteiger partial charge on any atom is -0.482 e. The number of rotatable bonds is 6. The summed E-state index contributed by atoms with van der Waals surface area (Å²) in [5.41, 5.74) is 0. The van der Waals surface area contributed by atoms with E-state index in [0.717, 1.165) is 6.42 Å². The number of ether oxygens (including phenoxy) is 1. The van der Waals surface area contributed by atoms with Crippen LogP contribution in [0.5, 0.6) is 5.75 Å². The van der Waals surface area contributed by atoms with Crippen LogP contribution in [0.4, 0.5) is 4.39 Å². The molecule has 0 unspecified atom stereocenters. The van der Waals surface area contributed by atoms with Gasteiger partial charge < -0.3 is 10.1 Å². The van der Waals surface area contributed by atoms with Gasteiger partial charge in [-0.3, -0.25) is 4.79 Å². The van der Waals surface area contributed by atoms with Gasteiger partial charge in [0.2, 0.25) is 5.95 Å². The topological polar surface area (TPSA) is 51.2 Å². The van der Waals surface area contributed by atoms with E-state index in [2.05, 4.69) is 24.1 Å². The molecule has 0 aromatic carbocycles. The van der Waals surface area contributed by atoms with Gasteiger partial charge in [-0.2, -0.15) is 4.39 Å². The van der Waals surface area contributed by atoms with E-state index in [9.17, 15) is 9.18 Å². The zero-order chi connectivity index (χ0) is 12.7. The molecule has 0 aliphatic carbocycles. The zero-order valence-corrected chi connectivity index (χ0v) is 10.1. The van der Waals surface area contributed by atoms with Gasteiger partial charge in [0.15, 0.2) is 6.61 Å². The first-order chi connectivity index (χ1) is 8.08. The summed E-state index contributed by atoms with van der Waals surface area (Å²) < 4.78 is 17.6. The van der Waals surface area contributed by atoms with Gasteiger partial charge in [0.1, 0.15) is 5.75 Å². The third-order valence-electron chi connectivity index (χ3n) is 2.11. The van der Waals surface area contributed by atoms with Gasteiger partial charge in [0.25, 0.3) is 5.91 Å². The van der Waals surface area contributed by atoms with Gasteiger partial charge in [0.05, 0.1) is 6.20 Å². The van der Waals surface area contributed by atoms with E-state index < -0.39 is 5.95 Å². The van der Waals surface area contributed by atoms with E-state index >= 15 is 0 Å². The van der Waals surface area contributed by atoms with E-state index in [4.69, 9.17) is 4.74 Å². The average molecular weight is 240 g/mol. The Balaban J connectivity index is 2.21. The molecule has 0 spiro atoms. The van der Waals surface area contributed by atoms with Crippen molar-refractivity contribution in [2.75, 3.05) is 13.2 Å². The quantitative estimate of drug-likeness (QED) is 0.771. The predicted molar refractivity (Wildman–Crippen MR) is 62.2 cm³/mol. The lowest BCUT2D eigenvalue weighted by atomic mass is 10.1. The third kappa shape index (κ3) is 5.85. The number of amides is 1. The van der Waals surface area contributed by atoms with Crippen LogP contribution in [0.3, 0.4) is 0 Å². The molecule has 1 heterocycles. The molecule has 0 bridgehead atoms. The van der Waals surface area contributed by atoms with Crippen LogP contribution >= 0.6 is 0 Å². The fourth-order valence-electron chi connectivity index (χ4n) is 1.15. The molecule has 0 aliphatic rings. The van der Waals surface area contributed by atoms with Crippen LogP contribution in [0.25, 0.3) is 0 Å². The Morgan fingerprint density at radius 2 is 2.29 bits per heavy atom. The second kappa shape index (κ2) is 6.83. The number of pyridine rings is 1. The first-order valence-corrected chi connectivity index (χ1v) is 5.59. The SMILES string of the molecule is CC(C)CCNC(=O)COc1ccc(F)nc1. The fourth-order valence-corrected chi connectivity index (χ4v) is 1.15. The second-order valence-corrected chi connectivity index (χ2v) is 4.14.